The monoisotopic (exact) mass is 414 g/mol. The van der Waals surface area contributed by atoms with Gasteiger partial charge in [0.1, 0.15) is 6.54 Å². The lowest BCUT2D eigenvalue weighted by atomic mass is 10.1. The van der Waals surface area contributed by atoms with Crippen LogP contribution in [0.25, 0.3) is 12.2 Å². The van der Waals surface area contributed by atoms with Crippen molar-refractivity contribution < 1.29 is 23.9 Å². The van der Waals surface area contributed by atoms with Crippen molar-refractivity contribution in [1.29, 1.82) is 0 Å². The lowest BCUT2D eigenvalue weighted by molar-refractivity contribution is -0.134. The number of fused-ring (bicyclic) bond motifs is 1. The number of nitrogens with zero attached hydrogens (tertiary/aromatic N) is 2. The Morgan fingerprint density at radius 2 is 1.65 bits per heavy atom. The molecule has 1 aliphatic heterocycles. The Morgan fingerprint density at radius 3 is 2.29 bits per heavy atom. The molecule has 0 radical (unpaired) electrons. The number of rotatable bonds is 6. The largest absolute Gasteiger partial charge is 0.493 e. The van der Waals surface area contributed by atoms with E-state index < -0.39 is 24.3 Å². The van der Waals surface area contributed by atoms with E-state index in [9.17, 15) is 14.4 Å². The summed E-state index contributed by atoms with van der Waals surface area (Å²) in [6.45, 7) is -0.489. The Balaban J connectivity index is 1.45. The highest BCUT2D eigenvalue weighted by molar-refractivity contribution is 6.22. The van der Waals surface area contributed by atoms with Gasteiger partial charge in [-0.1, -0.05) is 30.3 Å². The van der Waals surface area contributed by atoms with Crippen LogP contribution < -0.4 is 9.47 Å². The minimum Gasteiger partial charge on any atom is -0.493 e. The molecule has 7 nitrogen and oxygen atoms in total. The highest BCUT2D eigenvalue weighted by Gasteiger charge is 2.36. The summed E-state index contributed by atoms with van der Waals surface area (Å²) < 4.78 is 10.7. The number of aromatic nitrogens is 1. The molecular weight excluding hydrogens is 396 g/mol. The van der Waals surface area contributed by atoms with Crippen molar-refractivity contribution in [1.82, 2.24) is 9.88 Å². The number of hydrogen-bond donors (Lipinski definition) is 0. The van der Waals surface area contributed by atoms with Crippen molar-refractivity contribution in [2.45, 2.75) is 0 Å². The van der Waals surface area contributed by atoms with E-state index in [1.807, 2.05) is 30.4 Å². The van der Waals surface area contributed by atoms with Crippen LogP contribution in [0.2, 0.25) is 0 Å². The molecule has 4 rings (SSSR count). The number of imide groups is 1. The van der Waals surface area contributed by atoms with Gasteiger partial charge in [-0.2, -0.15) is 0 Å². The molecule has 154 valence electrons. The Labute approximate surface area is 178 Å². The zero-order valence-corrected chi connectivity index (χ0v) is 16.6. The van der Waals surface area contributed by atoms with Gasteiger partial charge in [0.25, 0.3) is 11.8 Å². The van der Waals surface area contributed by atoms with E-state index in [2.05, 4.69) is 4.98 Å². The molecule has 0 N–H and O–H groups in total. The van der Waals surface area contributed by atoms with Crippen molar-refractivity contribution in [3.63, 3.8) is 0 Å². The van der Waals surface area contributed by atoms with Gasteiger partial charge in [0.2, 0.25) is 0 Å². The molecule has 0 saturated carbocycles. The Hall–Kier alpha value is -4.26. The summed E-state index contributed by atoms with van der Waals surface area (Å²) in [5.41, 5.74) is 2.18. The highest BCUT2D eigenvalue weighted by Crippen LogP contribution is 2.29. The van der Waals surface area contributed by atoms with Crippen LogP contribution in [-0.2, 0) is 4.79 Å². The number of carbonyl (C=O) groups is 3. The predicted molar refractivity (Wildman–Crippen MR) is 114 cm³/mol. The maximum atomic E-state index is 12.4. The highest BCUT2D eigenvalue weighted by atomic mass is 16.6. The van der Waals surface area contributed by atoms with Crippen molar-refractivity contribution >= 4 is 29.9 Å². The second-order valence-electron chi connectivity index (χ2n) is 6.71. The zero-order chi connectivity index (χ0) is 21.8. The van der Waals surface area contributed by atoms with Gasteiger partial charge >= 0.3 is 5.97 Å². The molecule has 0 aliphatic carbocycles. The van der Waals surface area contributed by atoms with E-state index >= 15 is 0 Å². The van der Waals surface area contributed by atoms with Gasteiger partial charge in [0.05, 0.1) is 23.9 Å². The maximum Gasteiger partial charge on any atom is 0.331 e. The van der Waals surface area contributed by atoms with Crippen LogP contribution in [-0.4, -0.2) is 41.3 Å². The quantitative estimate of drug-likeness (QED) is 0.349. The molecule has 0 spiro atoms. The van der Waals surface area contributed by atoms with Crippen LogP contribution in [0.4, 0.5) is 0 Å². The molecule has 0 fully saturated rings. The fraction of sp³-hybridized carbons (Fsp3) is 0.0833. The maximum absolute atomic E-state index is 12.4. The first-order valence-corrected chi connectivity index (χ1v) is 9.50. The number of ether oxygens (including phenoxy) is 2. The van der Waals surface area contributed by atoms with Crippen LogP contribution in [0.5, 0.6) is 11.5 Å². The number of amides is 2. The first-order valence-electron chi connectivity index (χ1n) is 9.50. The minimum atomic E-state index is -0.746. The zero-order valence-electron chi connectivity index (χ0n) is 16.6. The fourth-order valence-electron chi connectivity index (χ4n) is 3.20. The number of hydrogen-bond acceptors (Lipinski definition) is 6. The molecule has 1 aliphatic rings. The summed E-state index contributed by atoms with van der Waals surface area (Å²) >= 11 is 0. The number of carbonyl (C=O) groups excluding carboxylic acids is 3. The molecule has 1 aromatic heterocycles. The van der Waals surface area contributed by atoms with E-state index in [1.165, 1.54) is 7.11 Å². The average molecular weight is 414 g/mol. The normalized spacial score (nSPS) is 12.9. The van der Waals surface area contributed by atoms with Crippen molar-refractivity contribution in [3.05, 3.63) is 89.2 Å². The first kappa shape index (κ1) is 20.0. The van der Waals surface area contributed by atoms with E-state index in [0.29, 0.717) is 5.75 Å². The smallest absolute Gasteiger partial charge is 0.331 e. The third-order valence-corrected chi connectivity index (χ3v) is 4.71. The van der Waals surface area contributed by atoms with Crippen molar-refractivity contribution in [3.8, 4) is 11.5 Å². The fourth-order valence-corrected chi connectivity index (χ4v) is 3.20. The van der Waals surface area contributed by atoms with Gasteiger partial charge in [-0.3, -0.25) is 19.5 Å². The van der Waals surface area contributed by atoms with Gasteiger partial charge in [0, 0.05) is 6.20 Å². The Morgan fingerprint density at radius 1 is 0.935 bits per heavy atom. The molecule has 0 saturated heterocycles. The third kappa shape index (κ3) is 4.20. The summed E-state index contributed by atoms with van der Waals surface area (Å²) in [5.74, 6) is -1.23. The first-order chi connectivity index (χ1) is 15.1. The Bertz CT molecular complexity index is 1150. The number of pyridine rings is 1. The summed E-state index contributed by atoms with van der Waals surface area (Å²) in [5, 5.41) is 0. The number of esters is 1. The van der Waals surface area contributed by atoms with Gasteiger partial charge in [-0.15, -0.1) is 0 Å². The van der Waals surface area contributed by atoms with Crippen molar-refractivity contribution in [2.24, 2.45) is 0 Å². The lowest BCUT2D eigenvalue weighted by Crippen LogP contribution is -2.36. The number of benzene rings is 2. The number of methoxy groups -OCH3 is 1. The molecule has 2 amide bonds. The van der Waals surface area contributed by atoms with Crippen LogP contribution in [0.1, 0.15) is 32.0 Å². The van der Waals surface area contributed by atoms with E-state index in [0.717, 1.165) is 16.2 Å². The lowest BCUT2D eigenvalue weighted by Gasteiger charge is -2.14. The molecule has 2 aromatic carbocycles. The van der Waals surface area contributed by atoms with Gasteiger partial charge in [0.15, 0.2) is 11.5 Å². The SMILES string of the molecule is COc1cc(/C=C/c2ccccn2)ccc1OC(=O)CN1C(=O)c2ccccc2C1=O. The van der Waals surface area contributed by atoms with Crippen LogP contribution in [0.15, 0.2) is 66.9 Å². The molecule has 2 heterocycles. The molecule has 7 heteroatoms. The average Bonchev–Trinajstić information content (AvgIpc) is 3.04. The van der Waals surface area contributed by atoms with Gasteiger partial charge in [-0.25, -0.2) is 4.79 Å². The molecular formula is C24H18N2O5. The van der Waals surface area contributed by atoms with Crippen LogP contribution in [0.3, 0.4) is 0 Å². The molecule has 0 unspecified atom stereocenters. The predicted octanol–water partition coefficient (Wildman–Crippen LogP) is 3.46. The van der Waals surface area contributed by atoms with Gasteiger partial charge < -0.3 is 9.47 Å². The standard InChI is InChI=1S/C24H18N2O5/c1-30-21-14-16(9-11-17-6-4-5-13-25-17)10-12-20(21)31-22(27)15-26-23(28)18-7-2-3-8-19(18)24(26)29/h2-14H,15H2,1H3/b11-9+. The van der Waals surface area contributed by atoms with Gasteiger partial charge in [-0.05, 0) is 48.0 Å². The minimum absolute atomic E-state index is 0.194. The molecule has 3 aromatic rings. The second kappa shape index (κ2) is 8.62. The van der Waals surface area contributed by atoms with E-state index in [4.69, 9.17) is 9.47 Å². The summed E-state index contributed by atoms with van der Waals surface area (Å²) in [6.07, 6.45) is 5.41. The summed E-state index contributed by atoms with van der Waals surface area (Å²) in [4.78, 5) is 42.4. The van der Waals surface area contributed by atoms with E-state index in [-0.39, 0.29) is 16.9 Å². The van der Waals surface area contributed by atoms with Crippen LogP contribution >= 0.6 is 0 Å². The van der Waals surface area contributed by atoms with Crippen LogP contribution in [0, 0.1) is 0 Å². The molecule has 0 atom stereocenters. The molecule has 31 heavy (non-hydrogen) atoms. The summed E-state index contributed by atoms with van der Waals surface area (Å²) in [7, 11) is 1.46. The van der Waals surface area contributed by atoms with E-state index in [1.54, 1.807) is 48.7 Å². The second-order valence-corrected chi connectivity index (χ2v) is 6.71. The topological polar surface area (TPSA) is 85.8 Å². The molecule has 0 bridgehead atoms. The van der Waals surface area contributed by atoms with Crippen molar-refractivity contribution in [2.75, 3.05) is 13.7 Å². The Kier molecular flexibility index (Phi) is 5.57. The summed E-state index contributed by atoms with van der Waals surface area (Å²) in [6, 6.07) is 17.1. The third-order valence-electron chi connectivity index (χ3n) is 4.71.